The number of sulfonamides is 1. The van der Waals surface area contributed by atoms with E-state index in [0.29, 0.717) is 0 Å². The number of hydrogen-bond acceptors (Lipinski definition) is 3. The molecule has 0 aliphatic heterocycles. The highest BCUT2D eigenvalue weighted by atomic mass is 32.2. The Hall–Kier alpha value is -1.01. The van der Waals surface area contributed by atoms with Crippen LogP contribution in [0.2, 0.25) is 0 Å². The maximum atomic E-state index is 13.4. The molecule has 1 fully saturated rings. The highest BCUT2D eigenvalue weighted by molar-refractivity contribution is 7.89. The molecule has 2 unspecified atom stereocenters. The van der Waals surface area contributed by atoms with Gasteiger partial charge in [0.05, 0.1) is 0 Å². The van der Waals surface area contributed by atoms with Crippen LogP contribution in [0.3, 0.4) is 0 Å². The number of halogens is 1. The summed E-state index contributed by atoms with van der Waals surface area (Å²) >= 11 is 0. The van der Waals surface area contributed by atoms with Crippen molar-refractivity contribution >= 4 is 10.0 Å². The smallest absolute Gasteiger partial charge is 0.241 e. The molecular weight excluding hydrogens is 243 g/mol. The molecule has 6 heteroatoms. The molecule has 94 valence electrons. The van der Waals surface area contributed by atoms with Crippen LogP contribution in [0, 0.1) is 11.7 Å². The van der Waals surface area contributed by atoms with Crippen LogP contribution in [-0.2, 0) is 10.0 Å². The second-order valence-corrected chi connectivity index (χ2v) is 6.06. The number of rotatable bonds is 3. The SMILES string of the molecule is CC1CCCC1NS(=O)(=O)c1ncccc1F. The van der Waals surface area contributed by atoms with Crippen LogP contribution in [-0.4, -0.2) is 19.4 Å². The van der Waals surface area contributed by atoms with Gasteiger partial charge in [0.2, 0.25) is 5.03 Å². The van der Waals surface area contributed by atoms with Gasteiger partial charge < -0.3 is 0 Å². The van der Waals surface area contributed by atoms with E-state index >= 15 is 0 Å². The van der Waals surface area contributed by atoms with Crippen LogP contribution in [0.25, 0.3) is 0 Å². The van der Waals surface area contributed by atoms with Gasteiger partial charge in [-0.2, -0.15) is 0 Å². The van der Waals surface area contributed by atoms with Crippen molar-refractivity contribution in [3.05, 3.63) is 24.1 Å². The Morgan fingerprint density at radius 2 is 2.24 bits per heavy atom. The van der Waals surface area contributed by atoms with E-state index in [1.54, 1.807) is 0 Å². The highest BCUT2D eigenvalue weighted by Gasteiger charge is 2.30. The van der Waals surface area contributed by atoms with Crippen LogP contribution >= 0.6 is 0 Å². The summed E-state index contributed by atoms with van der Waals surface area (Å²) in [7, 11) is -3.84. The fourth-order valence-electron chi connectivity index (χ4n) is 2.14. The lowest BCUT2D eigenvalue weighted by molar-refractivity contribution is 0.470. The van der Waals surface area contributed by atoms with Gasteiger partial charge in [0.1, 0.15) is 0 Å². The van der Waals surface area contributed by atoms with Gasteiger partial charge in [-0.1, -0.05) is 13.3 Å². The second kappa shape index (κ2) is 4.70. The molecule has 4 nitrogen and oxygen atoms in total. The molecule has 17 heavy (non-hydrogen) atoms. The zero-order valence-electron chi connectivity index (χ0n) is 9.56. The third-order valence-electron chi connectivity index (χ3n) is 3.15. The number of nitrogens with zero attached hydrogens (tertiary/aromatic N) is 1. The summed E-state index contributed by atoms with van der Waals surface area (Å²) < 4.78 is 39.8. The Morgan fingerprint density at radius 3 is 2.82 bits per heavy atom. The van der Waals surface area contributed by atoms with E-state index in [4.69, 9.17) is 0 Å². The molecule has 1 aromatic heterocycles. The second-order valence-electron chi connectivity index (χ2n) is 4.43. The Labute approximate surface area is 100 Å². The summed E-state index contributed by atoms with van der Waals surface area (Å²) in [4.78, 5) is 3.59. The summed E-state index contributed by atoms with van der Waals surface area (Å²) in [6.07, 6.45) is 4.07. The van der Waals surface area contributed by atoms with Crippen LogP contribution in [0.4, 0.5) is 4.39 Å². The van der Waals surface area contributed by atoms with E-state index < -0.39 is 20.9 Å². The van der Waals surface area contributed by atoms with E-state index in [1.807, 2.05) is 6.92 Å². The number of pyridine rings is 1. The molecule has 1 saturated carbocycles. The molecule has 1 aromatic rings. The molecule has 0 aromatic carbocycles. The summed E-state index contributed by atoms with van der Waals surface area (Å²) in [5, 5.41) is -0.515. The molecule has 2 rings (SSSR count). The van der Waals surface area contributed by atoms with Gasteiger partial charge in [0.15, 0.2) is 5.82 Å². The monoisotopic (exact) mass is 258 g/mol. The van der Waals surface area contributed by atoms with E-state index in [2.05, 4.69) is 9.71 Å². The predicted molar refractivity (Wildman–Crippen MR) is 61.3 cm³/mol. The lowest BCUT2D eigenvalue weighted by Crippen LogP contribution is -2.37. The Balaban J connectivity index is 2.22. The minimum absolute atomic E-state index is 0.110. The topological polar surface area (TPSA) is 59.1 Å². The largest absolute Gasteiger partial charge is 0.261 e. The molecular formula is C11H15FN2O2S. The standard InChI is InChI=1S/C11H15FN2O2S/c1-8-4-2-6-10(8)14-17(15,16)11-9(12)5-3-7-13-11/h3,5,7-8,10,14H,2,4,6H2,1H3. The van der Waals surface area contributed by atoms with Gasteiger partial charge in [-0.15, -0.1) is 0 Å². The molecule has 0 radical (unpaired) electrons. The molecule has 1 N–H and O–H groups in total. The lowest BCUT2D eigenvalue weighted by atomic mass is 10.1. The Bertz CT molecular complexity index is 504. The Morgan fingerprint density at radius 1 is 1.47 bits per heavy atom. The number of aromatic nitrogens is 1. The summed E-state index contributed by atoms with van der Waals surface area (Å²) in [6, 6.07) is 2.35. The maximum absolute atomic E-state index is 13.4. The third kappa shape index (κ3) is 2.63. The first-order chi connectivity index (χ1) is 8.00. The lowest BCUT2D eigenvalue weighted by Gasteiger charge is -2.16. The minimum atomic E-state index is -3.84. The molecule has 2 atom stereocenters. The summed E-state index contributed by atoms with van der Waals surface area (Å²) in [5.74, 6) is -0.526. The molecule has 1 aliphatic rings. The van der Waals surface area contributed by atoms with Crippen molar-refractivity contribution in [1.29, 1.82) is 0 Å². The van der Waals surface area contributed by atoms with E-state index in [1.165, 1.54) is 12.3 Å². The first-order valence-corrected chi connectivity index (χ1v) is 7.12. The normalized spacial score (nSPS) is 25.1. The fraction of sp³-hybridized carbons (Fsp3) is 0.545. The highest BCUT2D eigenvalue weighted by Crippen LogP contribution is 2.26. The quantitative estimate of drug-likeness (QED) is 0.897. The predicted octanol–water partition coefficient (Wildman–Crippen LogP) is 1.69. The van der Waals surface area contributed by atoms with Gasteiger partial charge >= 0.3 is 0 Å². The first-order valence-electron chi connectivity index (χ1n) is 5.63. The van der Waals surface area contributed by atoms with Crippen LogP contribution in [0.15, 0.2) is 23.4 Å². The fourth-order valence-corrected chi connectivity index (χ4v) is 3.53. The first kappa shape index (κ1) is 12.4. The van der Waals surface area contributed by atoms with Gasteiger partial charge in [-0.25, -0.2) is 22.5 Å². The number of nitrogens with one attached hydrogen (secondary N) is 1. The van der Waals surface area contributed by atoms with E-state index in [0.717, 1.165) is 25.3 Å². The minimum Gasteiger partial charge on any atom is -0.241 e. The Kier molecular flexibility index (Phi) is 3.44. The summed E-state index contributed by atoms with van der Waals surface area (Å²) in [5.41, 5.74) is 0. The van der Waals surface area contributed by atoms with Crippen molar-refractivity contribution in [3.63, 3.8) is 0 Å². The molecule has 0 amide bonds. The zero-order valence-corrected chi connectivity index (χ0v) is 10.4. The molecule has 1 heterocycles. The van der Waals surface area contributed by atoms with Gasteiger partial charge in [-0.3, -0.25) is 0 Å². The molecule has 1 aliphatic carbocycles. The molecule has 0 saturated heterocycles. The average molecular weight is 258 g/mol. The van der Waals surface area contributed by atoms with Crippen LogP contribution in [0.5, 0.6) is 0 Å². The van der Waals surface area contributed by atoms with Crippen molar-refractivity contribution in [3.8, 4) is 0 Å². The zero-order chi connectivity index (χ0) is 12.5. The van der Waals surface area contributed by atoms with Gasteiger partial charge in [0.25, 0.3) is 10.0 Å². The number of hydrogen-bond donors (Lipinski definition) is 1. The van der Waals surface area contributed by atoms with Gasteiger partial charge in [0, 0.05) is 12.2 Å². The molecule has 0 spiro atoms. The maximum Gasteiger partial charge on any atom is 0.261 e. The third-order valence-corrected chi connectivity index (χ3v) is 4.57. The van der Waals surface area contributed by atoms with Crippen molar-refractivity contribution in [2.24, 2.45) is 5.92 Å². The van der Waals surface area contributed by atoms with E-state index in [-0.39, 0.29) is 12.0 Å². The van der Waals surface area contributed by atoms with Gasteiger partial charge in [-0.05, 0) is 30.9 Å². The molecule has 0 bridgehead atoms. The van der Waals surface area contributed by atoms with E-state index in [9.17, 15) is 12.8 Å². The van der Waals surface area contributed by atoms with Crippen molar-refractivity contribution < 1.29 is 12.8 Å². The van der Waals surface area contributed by atoms with Crippen molar-refractivity contribution in [2.45, 2.75) is 37.3 Å². The van der Waals surface area contributed by atoms with Crippen molar-refractivity contribution in [2.75, 3.05) is 0 Å². The van der Waals surface area contributed by atoms with Crippen LogP contribution < -0.4 is 4.72 Å². The summed E-state index contributed by atoms with van der Waals surface area (Å²) in [6.45, 7) is 2.00. The van der Waals surface area contributed by atoms with Crippen molar-refractivity contribution in [1.82, 2.24) is 9.71 Å². The van der Waals surface area contributed by atoms with Crippen LogP contribution in [0.1, 0.15) is 26.2 Å². The average Bonchev–Trinajstić information content (AvgIpc) is 2.64.